The first-order valence-electron chi connectivity index (χ1n) is 8.40. The van der Waals surface area contributed by atoms with E-state index >= 15 is 0 Å². The fraction of sp³-hybridized carbons (Fsp3) is 0.333. The number of piperazine rings is 1. The van der Waals surface area contributed by atoms with E-state index in [0.717, 1.165) is 5.69 Å². The van der Waals surface area contributed by atoms with Gasteiger partial charge in [-0.05, 0) is 34.1 Å². The third-order valence-corrected chi connectivity index (χ3v) is 7.91. The highest BCUT2D eigenvalue weighted by Crippen LogP contribution is 2.37. The zero-order valence-electron chi connectivity index (χ0n) is 15.3. The molecule has 0 aliphatic carbocycles. The van der Waals surface area contributed by atoms with E-state index in [1.165, 1.54) is 24.6 Å². The van der Waals surface area contributed by atoms with Crippen molar-refractivity contribution in [1.29, 1.82) is 0 Å². The van der Waals surface area contributed by atoms with Gasteiger partial charge in [0.25, 0.3) is 0 Å². The smallest absolute Gasteiger partial charge is 0.247 e. The molecule has 0 aromatic heterocycles. The molecule has 0 N–H and O–H groups in total. The Morgan fingerprint density at radius 2 is 1.64 bits per heavy atom. The maximum absolute atomic E-state index is 13.2. The molecule has 2 aromatic rings. The minimum atomic E-state index is -3.76. The zero-order valence-corrected chi connectivity index (χ0v) is 19.2. The topological polar surface area (TPSA) is 59.1 Å². The van der Waals surface area contributed by atoms with Crippen LogP contribution in [0.25, 0.3) is 0 Å². The molecule has 0 saturated carbocycles. The monoisotopic (exact) mass is 508 g/mol. The molecule has 0 bridgehead atoms. The first kappa shape index (κ1) is 21.5. The Labute approximate surface area is 183 Å². The average molecular weight is 510 g/mol. The normalized spacial score (nSPS) is 15.5. The van der Waals surface area contributed by atoms with Gasteiger partial charge in [0.15, 0.2) is 0 Å². The molecule has 1 aliphatic heterocycles. The summed E-state index contributed by atoms with van der Waals surface area (Å²) in [6, 6.07) is 8.49. The van der Waals surface area contributed by atoms with Crippen molar-refractivity contribution < 1.29 is 17.9 Å². The lowest BCUT2D eigenvalue weighted by atomic mass is 10.2. The van der Waals surface area contributed by atoms with Crippen LogP contribution < -0.4 is 14.4 Å². The molecule has 0 spiro atoms. The van der Waals surface area contributed by atoms with Gasteiger partial charge in [-0.2, -0.15) is 4.31 Å². The first-order valence-corrected chi connectivity index (χ1v) is 11.4. The molecule has 1 aliphatic rings. The highest BCUT2D eigenvalue weighted by atomic mass is 79.9. The van der Waals surface area contributed by atoms with E-state index in [1.54, 1.807) is 12.1 Å². The Morgan fingerprint density at radius 1 is 1.00 bits per heavy atom. The van der Waals surface area contributed by atoms with Crippen molar-refractivity contribution in [1.82, 2.24) is 4.31 Å². The van der Waals surface area contributed by atoms with Crippen LogP contribution in [0.5, 0.6) is 11.5 Å². The van der Waals surface area contributed by atoms with Crippen molar-refractivity contribution >= 4 is 54.8 Å². The standard InChI is InChI=1S/C18H19BrCl2N2O4S/c1-26-15-11-17(16(27-2)10-12(15)19)28(24,25)23-8-6-22(7-9-23)14-5-3-4-13(20)18(14)21/h3-5,10-11H,6-9H2,1-2H3. The molecule has 2 aromatic carbocycles. The third kappa shape index (κ3) is 4.07. The van der Waals surface area contributed by atoms with Crippen LogP contribution in [0.3, 0.4) is 0 Å². The number of hydrogen-bond acceptors (Lipinski definition) is 5. The highest BCUT2D eigenvalue weighted by Gasteiger charge is 2.32. The number of halogens is 3. The molecule has 0 radical (unpaired) electrons. The Balaban J connectivity index is 1.85. The lowest BCUT2D eigenvalue weighted by Crippen LogP contribution is -2.48. The summed E-state index contributed by atoms with van der Waals surface area (Å²) >= 11 is 15.7. The predicted molar refractivity (Wildman–Crippen MR) is 115 cm³/mol. The van der Waals surface area contributed by atoms with Crippen molar-refractivity contribution in [2.45, 2.75) is 4.90 Å². The van der Waals surface area contributed by atoms with Crippen LogP contribution in [-0.4, -0.2) is 53.1 Å². The van der Waals surface area contributed by atoms with E-state index in [9.17, 15) is 8.42 Å². The van der Waals surface area contributed by atoms with Gasteiger partial charge in [0, 0.05) is 32.2 Å². The number of anilines is 1. The summed E-state index contributed by atoms with van der Waals surface area (Å²) < 4.78 is 39.0. The minimum Gasteiger partial charge on any atom is -0.496 e. The van der Waals surface area contributed by atoms with Crippen LogP contribution in [0, 0.1) is 0 Å². The summed E-state index contributed by atoms with van der Waals surface area (Å²) in [6.45, 7) is 1.62. The molecule has 10 heteroatoms. The van der Waals surface area contributed by atoms with Crippen LogP contribution in [0.1, 0.15) is 0 Å². The molecule has 6 nitrogen and oxygen atoms in total. The van der Waals surface area contributed by atoms with E-state index in [4.69, 9.17) is 32.7 Å². The molecular formula is C18H19BrCl2N2O4S. The van der Waals surface area contributed by atoms with Crippen molar-refractivity contribution in [3.8, 4) is 11.5 Å². The molecule has 152 valence electrons. The predicted octanol–water partition coefficient (Wildman–Crippen LogP) is 4.28. The van der Waals surface area contributed by atoms with E-state index < -0.39 is 10.0 Å². The first-order chi connectivity index (χ1) is 13.3. The number of methoxy groups -OCH3 is 2. The Hall–Kier alpha value is -1.19. The van der Waals surface area contributed by atoms with E-state index in [0.29, 0.717) is 46.4 Å². The SMILES string of the molecule is COc1cc(S(=O)(=O)N2CCN(c3cccc(Cl)c3Cl)CC2)c(OC)cc1Br. The fourth-order valence-electron chi connectivity index (χ4n) is 3.08. The van der Waals surface area contributed by atoms with E-state index in [1.807, 2.05) is 17.0 Å². The van der Waals surface area contributed by atoms with Gasteiger partial charge in [-0.15, -0.1) is 0 Å². The quantitative estimate of drug-likeness (QED) is 0.601. The molecule has 0 amide bonds. The second kappa shape index (κ2) is 8.67. The maximum Gasteiger partial charge on any atom is 0.247 e. The third-order valence-electron chi connectivity index (χ3n) is 4.57. The van der Waals surface area contributed by atoms with Gasteiger partial charge in [-0.3, -0.25) is 0 Å². The van der Waals surface area contributed by atoms with Gasteiger partial charge in [0.05, 0.1) is 34.4 Å². The second-order valence-corrected chi connectivity index (χ2v) is 9.65. The minimum absolute atomic E-state index is 0.0734. The summed E-state index contributed by atoms with van der Waals surface area (Å²) in [5, 5.41) is 0.945. The summed E-state index contributed by atoms with van der Waals surface area (Å²) in [7, 11) is -0.837. The molecule has 1 heterocycles. The average Bonchev–Trinajstić information content (AvgIpc) is 2.69. The summed E-state index contributed by atoms with van der Waals surface area (Å²) in [4.78, 5) is 2.10. The number of ether oxygens (including phenoxy) is 2. The number of benzene rings is 2. The van der Waals surface area contributed by atoms with E-state index in [2.05, 4.69) is 15.9 Å². The summed E-state index contributed by atoms with van der Waals surface area (Å²) in [6.07, 6.45) is 0. The van der Waals surface area contributed by atoms with Crippen LogP contribution >= 0.6 is 39.1 Å². The van der Waals surface area contributed by atoms with Crippen molar-refractivity contribution in [2.75, 3.05) is 45.3 Å². The maximum atomic E-state index is 13.2. The molecule has 28 heavy (non-hydrogen) atoms. The summed E-state index contributed by atoms with van der Waals surface area (Å²) in [5.74, 6) is 0.678. The van der Waals surface area contributed by atoms with Crippen LogP contribution in [0.2, 0.25) is 10.0 Å². The Bertz CT molecular complexity index is 980. The van der Waals surface area contributed by atoms with Crippen LogP contribution in [0.4, 0.5) is 5.69 Å². The number of sulfonamides is 1. The van der Waals surface area contributed by atoms with Crippen molar-refractivity contribution in [3.05, 3.63) is 44.8 Å². The number of rotatable bonds is 5. The largest absolute Gasteiger partial charge is 0.496 e. The van der Waals surface area contributed by atoms with Gasteiger partial charge in [-0.25, -0.2) is 8.42 Å². The molecule has 3 rings (SSSR count). The lowest BCUT2D eigenvalue weighted by Gasteiger charge is -2.36. The van der Waals surface area contributed by atoms with Gasteiger partial charge < -0.3 is 14.4 Å². The van der Waals surface area contributed by atoms with Crippen LogP contribution in [0.15, 0.2) is 39.7 Å². The number of nitrogens with zero attached hydrogens (tertiary/aromatic N) is 2. The zero-order chi connectivity index (χ0) is 20.5. The molecule has 1 fully saturated rings. The van der Waals surface area contributed by atoms with Crippen molar-refractivity contribution in [3.63, 3.8) is 0 Å². The Kier molecular flexibility index (Phi) is 6.66. The van der Waals surface area contributed by atoms with Gasteiger partial charge in [-0.1, -0.05) is 29.3 Å². The molecule has 0 unspecified atom stereocenters. The molecular weight excluding hydrogens is 491 g/mol. The molecule has 0 atom stereocenters. The molecule has 1 saturated heterocycles. The van der Waals surface area contributed by atoms with E-state index in [-0.39, 0.29) is 10.6 Å². The van der Waals surface area contributed by atoms with Crippen LogP contribution in [-0.2, 0) is 10.0 Å². The van der Waals surface area contributed by atoms with Gasteiger partial charge >= 0.3 is 0 Å². The Morgan fingerprint density at radius 3 is 2.25 bits per heavy atom. The fourth-order valence-corrected chi connectivity index (χ4v) is 5.55. The van der Waals surface area contributed by atoms with Gasteiger partial charge in [0.2, 0.25) is 10.0 Å². The van der Waals surface area contributed by atoms with Crippen molar-refractivity contribution in [2.24, 2.45) is 0 Å². The highest BCUT2D eigenvalue weighted by molar-refractivity contribution is 9.10. The lowest BCUT2D eigenvalue weighted by molar-refractivity contribution is 0.370. The second-order valence-electron chi connectivity index (χ2n) is 6.10. The summed E-state index contributed by atoms with van der Waals surface area (Å²) in [5.41, 5.74) is 0.800. The van der Waals surface area contributed by atoms with Gasteiger partial charge in [0.1, 0.15) is 16.4 Å². The number of hydrogen-bond donors (Lipinski definition) is 0.